The Kier molecular flexibility index (Phi) is 5.46. The summed E-state index contributed by atoms with van der Waals surface area (Å²) in [5.74, 6) is 0.974. The molecule has 0 saturated heterocycles. The van der Waals surface area contributed by atoms with Crippen LogP contribution in [0.1, 0.15) is 27.9 Å². The minimum absolute atomic E-state index is 0.241. The number of nitriles is 1. The lowest BCUT2D eigenvalue weighted by atomic mass is 10.0. The fourth-order valence-corrected chi connectivity index (χ4v) is 4.27. The van der Waals surface area contributed by atoms with E-state index in [4.69, 9.17) is 5.73 Å². The number of hydrogen-bond acceptors (Lipinski definition) is 5. The van der Waals surface area contributed by atoms with E-state index in [9.17, 15) is 5.26 Å². The van der Waals surface area contributed by atoms with Crippen molar-refractivity contribution in [3.8, 4) is 6.07 Å². The summed E-state index contributed by atoms with van der Waals surface area (Å²) >= 11 is 1.54. The topological polar surface area (TPSA) is 75.6 Å². The molecule has 0 aliphatic heterocycles. The zero-order chi connectivity index (χ0) is 20.2. The minimum atomic E-state index is 0.241. The van der Waals surface area contributed by atoms with Gasteiger partial charge in [-0.25, -0.2) is 9.97 Å². The fourth-order valence-electron chi connectivity index (χ4n) is 3.39. The van der Waals surface area contributed by atoms with Gasteiger partial charge in [0.05, 0.1) is 5.69 Å². The van der Waals surface area contributed by atoms with Gasteiger partial charge in [-0.05, 0) is 28.8 Å². The summed E-state index contributed by atoms with van der Waals surface area (Å²) in [6.45, 7) is 2.05. The maximum absolute atomic E-state index is 9.53. The summed E-state index contributed by atoms with van der Waals surface area (Å²) in [6.07, 6.45) is 0.555. The van der Waals surface area contributed by atoms with E-state index in [0.717, 1.165) is 11.3 Å². The van der Waals surface area contributed by atoms with E-state index in [1.54, 1.807) is 0 Å². The van der Waals surface area contributed by atoms with Crippen molar-refractivity contribution in [1.82, 2.24) is 9.97 Å². The van der Waals surface area contributed by atoms with E-state index in [1.807, 2.05) is 24.3 Å². The predicted molar refractivity (Wildman–Crippen MR) is 119 cm³/mol. The number of aromatic nitrogens is 2. The quantitative estimate of drug-likeness (QED) is 0.367. The van der Waals surface area contributed by atoms with Gasteiger partial charge >= 0.3 is 0 Å². The largest absolute Gasteiger partial charge is 0.382 e. The van der Waals surface area contributed by atoms with E-state index in [1.165, 1.54) is 33.7 Å². The normalized spacial score (nSPS) is 10.8. The van der Waals surface area contributed by atoms with Crippen molar-refractivity contribution < 1.29 is 0 Å². The smallest absolute Gasteiger partial charge is 0.190 e. The molecule has 0 aliphatic carbocycles. The highest BCUT2D eigenvalue weighted by Crippen LogP contribution is 2.27. The molecule has 0 aliphatic rings. The van der Waals surface area contributed by atoms with Crippen molar-refractivity contribution in [3.63, 3.8) is 0 Å². The predicted octanol–water partition coefficient (Wildman–Crippen LogP) is 5.28. The number of rotatable bonds is 5. The summed E-state index contributed by atoms with van der Waals surface area (Å²) in [6, 6.07) is 25.0. The van der Waals surface area contributed by atoms with Gasteiger partial charge in [-0.15, -0.1) is 0 Å². The maximum Gasteiger partial charge on any atom is 0.190 e. The Bertz CT molecular complexity index is 1220. The highest BCUT2D eigenvalue weighted by molar-refractivity contribution is 7.98. The molecule has 2 N–H and O–H groups in total. The van der Waals surface area contributed by atoms with E-state index < -0.39 is 0 Å². The Balaban J connectivity index is 1.62. The van der Waals surface area contributed by atoms with E-state index in [0.29, 0.717) is 22.8 Å². The maximum atomic E-state index is 9.53. The van der Waals surface area contributed by atoms with Crippen molar-refractivity contribution >= 4 is 28.4 Å². The van der Waals surface area contributed by atoms with Crippen LogP contribution in [0.3, 0.4) is 0 Å². The molecule has 0 unspecified atom stereocenters. The lowest BCUT2D eigenvalue weighted by Gasteiger charge is -2.10. The lowest BCUT2D eigenvalue weighted by Crippen LogP contribution is -2.06. The summed E-state index contributed by atoms with van der Waals surface area (Å²) in [5.41, 5.74) is 10.6. The number of thioether (sulfide) groups is 1. The van der Waals surface area contributed by atoms with Crippen LogP contribution in [0.5, 0.6) is 0 Å². The SMILES string of the molecule is Cc1cccc(Cc2nc(SCc3cccc4ccccc34)nc(N)c2C#N)c1. The fraction of sp³-hybridized carbons (Fsp3) is 0.125. The van der Waals surface area contributed by atoms with Crippen molar-refractivity contribution in [1.29, 1.82) is 5.26 Å². The van der Waals surface area contributed by atoms with E-state index >= 15 is 0 Å². The monoisotopic (exact) mass is 396 g/mol. The number of nitrogens with zero attached hydrogens (tertiary/aromatic N) is 3. The summed E-state index contributed by atoms with van der Waals surface area (Å²) in [7, 11) is 0. The second-order valence-electron chi connectivity index (χ2n) is 6.92. The highest BCUT2D eigenvalue weighted by atomic mass is 32.2. The zero-order valence-electron chi connectivity index (χ0n) is 16.1. The van der Waals surface area contributed by atoms with Gasteiger partial charge in [0.1, 0.15) is 17.5 Å². The Morgan fingerprint density at radius 3 is 2.62 bits per heavy atom. The van der Waals surface area contributed by atoms with Crippen LogP contribution in [-0.4, -0.2) is 9.97 Å². The second kappa shape index (κ2) is 8.34. The number of hydrogen-bond donors (Lipinski definition) is 1. The number of benzene rings is 3. The Morgan fingerprint density at radius 1 is 1.00 bits per heavy atom. The van der Waals surface area contributed by atoms with Crippen LogP contribution in [0.4, 0.5) is 5.82 Å². The number of aryl methyl sites for hydroxylation is 1. The molecule has 3 aromatic carbocycles. The first-order valence-electron chi connectivity index (χ1n) is 9.35. The first-order chi connectivity index (χ1) is 14.1. The van der Waals surface area contributed by atoms with Crippen LogP contribution in [0, 0.1) is 18.3 Å². The molecule has 0 bridgehead atoms. The number of nitrogens with two attached hydrogens (primary N) is 1. The number of nitrogen functional groups attached to an aromatic ring is 1. The molecular formula is C24H20N4S. The minimum Gasteiger partial charge on any atom is -0.382 e. The number of fused-ring (bicyclic) bond motifs is 1. The average molecular weight is 397 g/mol. The zero-order valence-corrected chi connectivity index (χ0v) is 16.9. The van der Waals surface area contributed by atoms with E-state index in [-0.39, 0.29) is 5.82 Å². The summed E-state index contributed by atoms with van der Waals surface area (Å²) in [5, 5.41) is 12.6. The van der Waals surface area contributed by atoms with Gasteiger partial charge < -0.3 is 5.73 Å². The molecular weight excluding hydrogens is 376 g/mol. The molecule has 0 spiro atoms. The average Bonchev–Trinajstić information content (AvgIpc) is 2.72. The number of anilines is 1. The van der Waals surface area contributed by atoms with Crippen molar-refractivity contribution in [2.24, 2.45) is 0 Å². The Morgan fingerprint density at radius 2 is 1.79 bits per heavy atom. The third-order valence-corrected chi connectivity index (χ3v) is 5.69. The van der Waals surface area contributed by atoms with Gasteiger partial charge in [-0.1, -0.05) is 84.1 Å². The second-order valence-corrected chi connectivity index (χ2v) is 7.86. The van der Waals surface area contributed by atoms with Gasteiger partial charge in [0.25, 0.3) is 0 Å². The molecule has 0 fully saturated rings. The molecule has 4 nitrogen and oxygen atoms in total. The van der Waals surface area contributed by atoms with E-state index in [2.05, 4.69) is 65.4 Å². The van der Waals surface area contributed by atoms with Crippen LogP contribution in [-0.2, 0) is 12.2 Å². The third kappa shape index (κ3) is 4.23. The molecule has 0 atom stereocenters. The molecule has 29 heavy (non-hydrogen) atoms. The van der Waals surface area contributed by atoms with Gasteiger partial charge in [-0.2, -0.15) is 5.26 Å². The van der Waals surface area contributed by atoms with Crippen LogP contribution < -0.4 is 5.73 Å². The molecule has 1 aromatic heterocycles. The standard InChI is InChI=1S/C24H20N4S/c1-16-6-4-7-17(12-16)13-22-21(14-25)23(26)28-24(27-22)29-15-19-10-5-9-18-8-2-3-11-20(18)19/h2-12H,13,15H2,1H3,(H2,26,27,28). The van der Waals surface area contributed by atoms with Crippen molar-refractivity contribution in [2.75, 3.05) is 5.73 Å². The molecule has 142 valence electrons. The van der Waals surface area contributed by atoms with Gasteiger partial charge in [0.2, 0.25) is 0 Å². The van der Waals surface area contributed by atoms with Crippen LogP contribution >= 0.6 is 11.8 Å². The Labute approximate surface area is 174 Å². The van der Waals surface area contributed by atoms with Crippen molar-refractivity contribution in [3.05, 3.63) is 94.7 Å². The molecule has 0 saturated carbocycles. The van der Waals surface area contributed by atoms with Gasteiger partial charge in [0.15, 0.2) is 5.16 Å². The van der Waals surface area contributed by atoms with Crippen LogP contribution in [0.2, 0.25) is 0 Å². The first kappa shape index (κ1) is 19.0. The van der Waals surface area contributed by atoms with Crippen molar-refractivity contribution in [2.45, 2.75) is 24.3 Å². The molecule has 1 heterocycles. The molecule has 5 heteroatoms. The molecule has 0 amide bonds. The molecule has 0 radical (unpaired) electrons. The van der Waals surface area contributed by atoms with Crippen LogP contribution in [0.25, 0.3) is 10.8 Å². The first-order valence-corrected chi connectivity index (χ1v) is 10.3. The van der Waals surface area contributed by atoms with Gasteiger partial charge in [-0.3, -0.25) is 0 Å². The molecule has 4 rings (SSSR count). The lowest BCUT2D eigenvalue weighted by molar-refractivity contribution is 0.901. The third-order valence-electron chi connectivity index (χ3n) is 4.79. The van der Waals surface area contributed by atoms with Gasteiger partial charge in [0, 0.05) is 12.2 Å². The summed E-state index contributed by atoms with van der Waals surface area (Å²) < 4.78 is 0. The molecule has 4 aromatic rings. The summed E-state index contributed by atoms with van der Waals surface area (Å²) in [4.78, 5) is 9.04. The highest BCUT2D eigenvalue weighted by Gasteiger charge is 2.14. The van der Waals surface area contributed by atoms with Crippen LogP contribution in [0.15, 0.2) is 71.9 Å². The Hall–Kier alpha value is -3.36.